The van der Waals surface area contributed by atoms with Crippen LogP contribution in [-0.4, -0.2) is 23.7 Å². The normalized spacial score (nSPS) is 13.6. The highest BCUT2D eigenvalue weighted by atomic mass is 35.5. The topological polar surface area (TPSA) is 64.0 Å². The molecule has 3 aromatic rings. The van der Waals surface area contributed by atoms with Crippen LogP contribution in [0.4, 0.5) is 5.69 Å². The van der Waals surface area contributed by atoms with Gasteiger partial charge in [-0.15, -0.1) is 0 Å². The van der Waals surface area contributed by atoms with Gasteiger partial charge in [0.15, 0.2) is 5.16 Å². The minimum absolute atomic E-state index is 0.0607. The molecular formula is C17H13Cl2N3O2S2. The molecule has 26 heavy (non-hydrogen) atoms. The summed E-state index contributed by atoms with van der Waals surface area (Å²) in [6, 6.07) is 11.4. The van der Waals surface area contributed by atoms with Crippen molar-refractivity contribution in [1.82, 2.24) is 9.55 Å². The first-order valence-electron chi connectivity index (χ1n) is 7.71. The van der Waals surface area contributed by atoms with Crippen LogP contribution in [-0.2, 0) is 16.6 Å². The maximum absolute atomic E-state index is 12.7. The molecule has 1 aliphatic heterocycles. The van der Waals surface area contributed by atoms with Crippen LogP contribution < -0.4 is 4.72 Å². The molecule has 0 bridgehead atoms. The van der Waals surface area contributed by atoms with E-state index in [1.165, 1.54) is 12.1 Å². The number of aromatic nitrogens is 2. The predicted molar refractivity (Wildman–Crippen MR) is 106 cm³/mol. The van der Waals surface area contributed by atoms with Crippen LogP contribution in [0.3, 0.4) is 0 Å². The summed E-state index contributed by atoms with van der Waals surface area (Å²) in [6.07, 6.45) is 1.98. The maximum atomic E-state index is 12.7. The summed E-state index contributed by atoms with van der Waals surface area (Å²) >= 11 is 13.6. The van der Waals surface area contributed by atoms with E-state index in [9.17, 15) is 8.42 Å². The molecule has 0 radical (unpaired) electrons. The maximum Gasteiger partial charge on any atom is 0.263 e. The lowest BCUT2D eigenvalue weighted by Crippen LogP contribution is -2.13. The van der Waals surface area contributed by atoms with Gasteiger partial charge in [0, 0.05) is 34.8 Å². The van der Waals surface area contributed by atoms with E-state index in [4.69, 9.17) is 23.2 Å². The second-order valence-corrected chi connectivity index (χ2v) is 9.27. The Bertz CT molecular complexity index is 1080. The third kappa shape index (κ3) is 3.44. The second kappa shape index (κ2) is 6.81. The zero-order valence-electron chi connectivity index (χ0n) is 13.3. The van der Waals surface area contributed by atoms with Gasteiger partial charge in [-0.3, -0.25) is 4.72 Å². The first-order valence-corrected chi connectivity index (χ1v) is 10.9. The van der Waals surface area contributed by atoms with Crippen molar-refractivity contribution in [3.63, 3.8) is 0 Å². The fourth-order valence-corrected chi connectivity index (χ4v) is 5.44. The van der Waals surface area contributed by atoms with E-state index in [1.807, 2.05) is 12.3 Å². The molecular weight excluding hydrogens is 413 g/mol. The molecule has 0 saturated heterocycles. The summed E-state index contributed by atoms with van der Waals surface area (Å²) in [7, 11) is -3.86. The molecule has 2 heterocycles. The molecule has 0 amide bonds. The molecule has 0 fully saturated rings. The number of hydrogen-bond acceptors (Lipinski definition) is 4. The SMILES string of the molecule is O=S(=O)(Nc1cccc(-c2cn3c(n2)SCC3)c1)c1cc(Cl)ccc1Cl. The lowest BCUT2D eigenvalue weighted by molar-refractivity contribution is 0.601. The monoisotopic (exact) mass is 425 g/mol. The van der Waals surface area contributed by atoms with Crippen LogP contribution in [0.2, 0.25) is 10.0 Å². The summed E-state index contributed by atoms with van der Waals surface area (Å²) in [5.41, 5.74) is 2.08. The number of sulfonamides is 1. The highest BCUT2D eigenvalue weighted by molar-refractivity contribution is 7.99. The van der Waals surface area contributed by atoms with Crippen molar-refractivity contribution in [2.24, 2.45) is 0 Å². The molecule has 9 heteroatoms. The summed E-state index contributed by atoms with van der Waals surface area (Å²) < 4.78 is 30.0. The smallest absolute Gasteiger partial charge is 0.263 e. The lowest BCUT2D eigenvalue weighted by atomic mass is 10.1. The molecule has 0 aliphatic carbocycles. The molecule has 0 spiro atoms. The van der Waals surface area contributed by atoms with Crippen LogP contribution in [0.15, 0.2) is 58.7 Å². The van der Waals surface area contributed by atoms with E-state index in [1.54, 1.807) is 36.0 Å². The molecule has 2 aromatic carbocycles. The van der Waals surface area contributed by atoms with Gasteiger partial charge < -0.3 is 4.57 Å². The van der Waals surface area contributed by atoms with Crippen molar-refractivity contribution in [2.45, 2.75) is 16.6 Å². The summed E-state index contributed by atoms with van der Waals surface area (Å²) in [4.78, 5) is 4.53. The molecule has 1 aliphatic rings. The van der Waals surface area contributed by atoms with Gasteiger partial charge in [-0.25, -0.2) is 13.4 Å². The summed E-state index contributed by atoms with van der Waals surface area (Å²) in [5.74, 6) is 1.03. The van der Waals surface area contributed by atoms with E-state index in [-0.39, 0.29) is 9.92 Å². The first-order chi connectivity index (χ1) is 12.4. The Hall–Kier alpha value is -1.67. The summed E-state index contributed by atoms with van der Waals surface area (Å²) in [5, 5.41) is 1.39. The van der Waals surface area contributed by atoms with E-state index in [2.05, 4.69) is 14.3 Å². The quantitative estimate of drug-likeness (QED) is 0.653. The molecule has 1 aromatic heterocycles. The van der Waals surface area contributed by atoms with Crippen LogP contribution in [0.5, 0.6) is 0 Å². The van der Waals surface area contributed by atoms with Gasteiger partial charge in [-0.05, 0) is 30.3 Å². The lowest BCUT2D eigenvalue weighted by Gasteiger charge is -2.10. The van der Waals surface area contributed by atoms with E-state index < -0.39 is 10.0 Å². The molecule has 0 unspecified atom stereocenters. The Morgan fingerprint density at radius 3 is 2.81 bits per heavy atom. The van der Waals surface area contributed by atoms with Crippen molar-refractivity contribution in [3.05, 3.63) is 58.7 Å². The fourth-order valence-electron chi connectivity index (χ4n) is 2.68. The van der Waals surface area contributed by atoms with Gasteiger partial charge in [-0.1, -0.05) is 47.1 Å². The van der Waals surface area contributed by atoms with Crippen LogP contribution in [0.25, 0.3) is 11.3 Å². The number of nitrogens with zero attached hydrogens (tertiary/aromatic N) is 2. The largest absolute Gasteiger partial charge is 0.325 e. The Labute approximate surface area is 165 Å². The van der Waals surface area contributed by atoms with Gasteiger partial charge in [0.25, 0.3) is 10.0 Å². The number of aryl methyl sites for hydroxylation is 1. The van der Waals surface area contributed by atoms with Crippen LogP contribution >= 0.6 is 35.0 Å². The van der Waals surface area contributed by atoms with E-state index >= 15 is 0 Å². The fraction of sp³-hybridized carbons (Fsp3) is 0.118. The zero-order valence-corrected chi connectivity index (χ0v) is 16.5. The van der Waals surface area contributed by atoms with Gasteiger partial charge in [0.05, 0.1) is 10.7 Å². The Morgan fingerprint density at radius 2 is 2.00 bits per heavy atom. The van der Waals surface area contributed by atoms with E-state index in [0.717, 1.165) is 28.7 Å². The second-order valence-electron chi connectivity index (χ2n) is 5.71. The Balaban J connectivity index is 1.65. The first kappa shape index (κ1) is 17.7. The van der Waals surface area contributed by atoms with Crippen molar-refractivity contribution >= 4 is 50.7 Å². The predicted octanol–water partition coefficient (Wildman–Crippen LogP) is 4.76. The van der Waals surface area contributed by atoms with Crippen LogP contribution in [0.1, 0.15) is 0 Å². The van der Waals surface area contributed by atoms with Crippen molar-refractivity contribution < 1.29 is 8.42 Å². The molecule has 5 nitrogen and oxygen atoms in total. The molecule has 1 N–H and O–H groups in total. The zero-order chi connectivity index (χ0) is 18.3. The third-order valence-corrected chi connectivity index (χ3v) is 6.97. The number of thioether (sulfide) groups is 1. The number of nitrogens with one attached hydrogen (secondary N) is 1. The Kier molecular flexibility index (Phi) is 4.64. The standard InChI is InChI=1S/C17H13Cl2N3O2S2/c18-12-4-5-14(19)16(9-12)26(23,24)21-13-3-1-2-11(8-13)15-10-22-6-7-25-17(22)20-15/h1-5,8-10,21H,6-7H2. The van der Waals surface area contributed by atoms with Gasteiger partial charge >= 0.3 is 0 Å². The molecule has 0 atom stereocenters. The third-order valence-electron chi connectivity index (χ3n) is 3.90. The number of anilines is 1. The number of halogens is 2. The van der Waals surface area contributed by atoms with E-state index in [0.29, 0.717) is 10.7 Å². The van der Waals surface area contributed by atoms with Crippen LogP contribution in [0, 0.1) is 0 Å². The summed E-state index contributed by atoms with van der Waals surface area (Å²) in [6.45, 7) is 0.937. The number of imidazole rings is 1. The van der Waals surface area contributed by atoms with Gasteiger partial charge in [0.2, 0.25) is 0 Å². The average Bonchev–Trinajstić information content (AvgIpc) is 3.18. The van der Waals surface area contributed by atoms with Crippen molar-refractivity contribution in [3.8, 4) is 11.3 Å². The van der Waals surface area contributed by atoms with Gasteiger partial charge in [-0.2, -0.15) is 0 Å². The van der Waals surface area contributed by atoms with Crippen molar-refractivity contribution in [1.29, 1.82) is 0 Å². The van der Waals surface area contributed by atoms with Crippen molar-refractivity contribution in [2.75, 3.05) is 10.5 Å². The average molecular weight is 426 g/mol. The van der Waals surface area contributed by atoms with Gasteiger partial charge in [0.1, 0.15) is 4.90 Å². The minimum Gasteiger partial charge on any atom is -0.325 e. The number of benzene rings is 2. The molecule has 134 valence electrons. The highest BCUT2D eigenvalue weighted by Gasteiger charge is 2.20. The Morgan fingerprint density at radius 1 is 1.15 bits per heavy atom. The number of fused-ring (bicyclic) bond motifs is 1. The molecule has 4 rings (SSSR count). The number of rotatable bonds is 4. The minimum atomic E-state index is -3.86. The number of hydrogen-bond donors (Lipinski definition) is 1. The molecule has 0 saturated carbocycles. The highest BCUT2D eigenvalue weighted by Crippen LogP contribution is 2.31.